The molecule has 8 heteroatoms. The smallest absolute Gasteiger partial charge is 0.243 e. The Kier molecular flexibility index (Phi) is 10.2. The highest BCUT2D eigenvalue weighted by Crippen LogP contribution is 2.41. The molecule has 204 valence electrons. The van der Waals surface area contributed by atoms with Crippen molar-refractivity contribution in [3.05, 3.63) is 60.2 Å². The predicted octanol–water partition coefficient (Wildman–Crippen LogP) is 4.40. The van der Waals surface area contributed by atoms with Gasteiger partial charge in [-0.15, -0.1) is 0 Å². The van der Waals surface area contributed by atoms with E-state index in [1.165, 1.54) is 23.5 Å². The van der Waals surface area contributed by atoms with Gasteiger partial charge in [0, 0.05) is 18.5 Å². The molecule has 2 atom stereocenters. The Hall–Kier alpha value is -2.42. The number of hydrogen-bond donors (Lipinski definition) is 2. The number of aliphatic hydroxyl groups is 1. The lowest BCUT2D eigenvalue weighted by Gasteiger charge is -2.34. The van der Waals surface area contributed by atoms with Crippen molar-refractivity contribution in [2.24, 2.45) is 11.3 Å². The second kappa shape index (κ2) is 12.9. The number of aliphatic hydroxyl groups excluding tert-OH is 1. The van der Waals surface area contributed by atoms with E-state index in [0.717, 1.165) is 37.7 Å². The number of methoxy groups -OCH3 is 1. The summed E-state index contributed by atoms with van der Waals surface area (Å²) in [5, 5.41) is 14.6. The van der Waals surface area contributed by atoms with Crippen molar-refractivity contribution in [2.75, 3.05) is 20.2 Å². The van der Waals surface area contributed by atoms with Crippen LogP contribution < -0.4 is 10.1 Å². The van der Waals surface area contributed by atoms with Gasteiger partial charge in [-0.25, -0.2) is 8.42 Å². The lowest BCUT2D eigenvalue weighted by atomic mass is 9.82. The molecule has 1 aliphatic carbocycles. The molecule has 37 heavy (non-hydrogen) atoms. The largest absolute Gasteiger partial charge is 0.497 e. The minimum Gasteiger partial charge on any atom is -0.497 e. The highest BCUT2D eigenvalue weighted by Gasteiger charge is 2.41. The Morgan fingerprint density at radius 3 is 2.22 bits per heavy atom. The number of hydrogen-bond acceptors (Lipinski definition) is 5. The highest BCUT2D eigenvalue weighted by atomic mass is 32.2. The molecule has 0 bridgehead atoms. The van der Waals surface area contributed by atoms with Gasteiger partial charge in [-0.3, -0.25) is 4.79 Å². The predicted molar refractivity (Wildman–Crippen MR) is 146 cm³/mol. The number of sulfonamides is 1. The Labute approximate surface area is 222 Å². The molecule has 3 rings (SSSR count). The van der Waals surface area contributed by atoms with E-state index in [4.69, 9.17) is 4.74 Å². The van der Waals surface area contributed by atoms with E-state index in [1.54, 1.807) is 12.1 Å². The third kappa shape index (κ3) is 7.33. The van der Waals surface area contributed by atoms with Gasteiger partial charge in [-0.05, 0) is 61.4 Å². The highest BCUT2D eigenvalue weighted by molar-refractivity contribution is 7.89. The first-order chi connectivity index (χ1) is 17.6. The summed E-state index contributed by atoms with van der Waals surface area (Å²) in [5.74, 6) is 0.571. The van der Waals surface area contributed by atoms with E-state index in [2.05, 4.69) is 5.32 Å². The maximum atomic E-state index is 13.6. The molecule has 0 unspecified atom stereocenters. The van der Waals surface area contributed by atoms with Gasteiger partial charge in [0.2, 0.25) is 15.9 Å². The number of carbonyl (C=O) groups is 1. The molecule has 0 heterocycles. The molecule has 0 aromatic heterocycles. The number of benzene rings is 2. The number of nitrogens with one attached hydrogen (secondary N) is 1. The molecule has 7 nitrogen and oxygen atoms in total. The summed E-state index contributed by atoms with van der Waals surface area (Å²) >= 11 is 0. The Morgan fingerprint density at radius 2 is 1.68 bits per heavy atom. The fourth-order valence-corrected chi connectivity index (χ4v) is 6.80. The van der Waals surface area contributed by atoms with Gasteiger partial charge in [-0.1, -0.05) is 63.9 Å². The number of nitrogens with zero attached hydrogens (tertiary/aromatic N) is 1. The summed E-state index contributed by atoms with van der Waals surface area (Å²) < 4.78 is 33.7. The average Bonchev–Trinajstić information content (AvgIpc) is 3.39. The molecular formula is C29H42N2O5S. The lowest BCUT2D eigenvalue weighted by molar-refractivity contribution is -0.132. The number of amides is 1. The summed E-state index contributed by atoms with van der Waals surface area (Å²) in [5.41, 5.74) is 0.554. The van der Waals surface area contributed by atoms with Crippen LogP contribution in [0, 0.1) is 11.3 Å². The van der Waals surface area contributed by atoms with Crippen LogP contribution in [-0.4, -0.2) is 56.1 Å². The number of rotatable bonds is 13. The summed E-state index contributed by atoms with van der Waals surface area (Å²) in [6.45, 7) is 6.05. The van der Waals surface area contributed by atoms with Crippen molar-refractivity contribution in [2.45, 2.75) is 76.3 Å². The maximum absolute atomic E-state index is 13.6. The van der Waals surface area contributed by atoms with Crippen LogP contribution in [-0.2, 0) is 21.2 Å². The second-order valence-corrected chi connectivity index (χ2v) is 12.5. The molecular weight excluding hydrogens is 488 g/mol. The Balaban J connectivity index is 1.87. The Bertz CT molecular complexity index is 1100. The molecule has 2 aromatic carbocycles. The average molecular weight is 531 g/mol. The van der Waals surface area contributed by atoms with Crippen LogP contribution in [0.15, 0.2) is 59.5 Å². The summed E-state index contributed by atoms with van der Waals surface area (Å²) in [6.07, 6.45) is 3.80. The zero-order valence-electron chi connectivity index (χ0n) is 22.5. The minimum absolute atomic E-state index is 0.0408. The van der Waals surface area contributed by atoms with E-state index in [-0.39, 0.29) is 29.8 Å². The van der Waals surface area contributed by atoms with E-state index in [0.29, 0.717) is 12.2 Å². The minimum atomic E-state index is -3.88. The Morgan fingerprint density at radius 1 is 1.05 bits per heavy atom. The van der Waals surface area contributed by atoms with Gasteiger partial charge in [0.15, 0.2) is 0 Å². The van der Waals surface area contributed by atoms with Crippen molar-refractivity contribution in [3.63, 3.8) is 0 Å². The lowest BCUT2D eigenvalue weighted by Crippen LogP contribution is -2.53. The number of ether oxygens (including phenoxy) is 1. The van der Waals surface area contributed by atoms with Gasteiger partial charge in [0.05, 0.1) is 24.2 Å². The SMILES string of the molecule is CCC1(C(=O)N[C@@H](Cc2ccccc2)[C@@H](O)CN(CC(C)C)S(=O)(=O)c2ccc(OC)cc2)CCCC1. The zero-order valence-corrected chi connectivity index (χ0v) is 23.3. The molecule has 2 aromatic rings. The van der Waals surface area contributed by atoms with Crippen LogP contribution in [0.5, 0.6) is 5.75 Å². The fraction of sp³-hybridized carbons (Fsp3) is 0.552. The van der Waals surface area contributed by atoms with Crippen LogP contribution >= 0.6 is 0 Å². The first-order valence-corrected chi connectivity index (χ1v) is 14.7. The molecule has 0 aliphatic heterocycles. The zero-order chi connectivity index (χ0) is 27.1. The maximum Gasteiger partial charge on any atom is 0.243 e. The third-order valence-electron chi connectivity index (χ3n) is 7.46. The number of carbonyl (C=O) groups excluding carboxylic acids is 1. The first kappa shape index (κ1) is 29.1. The van der Waals surface area contributed by atoms with Crippen molar-refractivity contribution >= 4 is 15.9 Å². The van der Waals surface area contributed by atoms with Crippen molar-refractivity contribution < 1.29 is 23.1 Å². The molecule has 1 amide bonds. The van der Waals surface area contributed by atoms with Crippen LogP contribution in [0.1, 0.15) is 58.4 Å². The fourth-order valence-electron chi connectivity index (χ4n) is 5.18. The van der Waals surface area contributed by atoms with Crippen molar-refractivity contribution in [1.82, 2.24) is 9.62 Å². The van der Waals surface area contributed by atoms with Crippen molar-refractivity contribution in [3.8, 4) is 5.75 Å². The van der Waals surface area contributed by atoms with E-state index in [9.17, 15) is 18.3 Å². The second-order valence-electron chi connectivity index (χ2n) is 10.6. The molecule has 1 aliphatic rings. The molecule has 1 fully saturated rings. The van der Waals surface area contributed by atoms with E-state index >= 15 is 0 Å². The van der Waals surface area contributed by atoms with Crippen molar-refractivity contribution in [1.29, 1.82) is 0 Å². The molecule has 0 spiro atoms. The molecule has 0 radical (unpaired) electrons. The van der Waals surface area contributed by atoms with Gasteiger partial charge in [0.25, 0.3) is 0 Å². The summed E-state index contributed by atoms with van der Waals surface area (Å²) in [7, 11) is -2.35. The third-order valence-corrected chi connectivity index (χ3v) is 9.30. The quantitative estimate of drug-likeness (QED) is 0.400. The van der Waals surface area contributed by atoms with E-state index in [1.807, 2.05) is 51.1 Å². The molecule has 2 N–H and O–H groups in total. The van der Waals surface area contributed by atoms with Crippen LogP contribution in [0.4, 0.5) is 0 Å². The first-order valence-electron chi connectivity index (χ1n) is 13.3. The van der Waals surface area contributed by atoms with Crippen LogP contribution in [0.25, 0.3) is 0 Å². The topological polar surface area (TPSA) is 95.9 Å². The normalized spacial score (nSPS) is 17.1. The van der Waals surface area contributed by atoms with Crippen LogP contribution in [0.3, 0.4) is 0 Å². The van der Waals surface area contributed by atoms with E-state index < -0.39 is 27.6 Å². The molecule has 0 saturated heterocycles. The molecule has 1 saturated carbocycles. The van der Waals surface area contributed by atoms with Gasteiger partial charge in [-0.2, -0.15) is 4.31 Å². The standard InChI is InChI=1S/C29H42N2O5S/c1-5-29(17-9-10-18-29)28(33)30-26(19-23-11-7-6-8-12-23)27(32)21-31(20-22(2)3)37(34,35)25-15-13-24(36-4)14-16-25/h6-8,11-16,22,26-27,32H,5,9-10,17-21H2,1-4H3,(H,30,33)/t26-,27-/m0/s1. The van der Waals surface area contributed by atoms with Gasteiger partial charge < -0.3 is 15.2 Å². The monoisotopic (exact) mass is 530 g/mol. The van der Waals surface area contributed by atoms with Gasteiger partial charge in [0.1, 0.15) is 5.75 Å². The summed E-state index contributed by atoms with van der Waals surface area (Å²) in [6, 6.07) is 15.3. The van der Waals surface area contributed by atoms with Gasteiger partial charge >= 0.3 is 0 Å². The van der Waals surface area contributed by atoms with Crippen LogP contribution in [0.2, 0.25) is 0 Å². The summed E-state index contributed by atoms with van der Waals surface area (Å²) in [4.78, 5) is 13.6.